The van der Waals surface area contributed by atoms with Crippen molar-refractivity contribution in [1.82, 2.24) is 0 Å². The molecule has 168 valence electrons. The highest BCUT2D eigenvalue weighted by atomic mass is 79.9. The fourth-order valence-electron chi connectivity index (χ4n) is 4.32. The van der Waals surface area contributed by atoms with Crippen LogP contribution in [0.5, 0.6) is 11.5 Å². The molecule has 3 aromatic carbocycles. The van der Waals surface area contributed by atoms with Crippen molar-refractivity contribution < 1.29 is 28.7 Å². The number of halogens is 2. The number of carbonyl (C=O) groups is 2. The maximum atomic E-state index is 13.6. The molecule has 9 heteroatoms. The summed E-state index contributed by atoms with van der Waals surface area (Å²) in [5, 5.41) is 11.8. The van der Waals surface area contributed by atoms with E-state index >= 15 is 0 Å². The Kier molecular flexibility index (Phi) is 5.30. The third-order valence-corrected chi connectivity index (χ3v) is 6.43. The van der Waals surface area contributed by atoms with E-state index in [0.717, 1.165) is 4.90 Å². The van der Waals surface area contributed by atoms with Gasteiger partial charge in [-0.05, 0) is 70.0 Å². The summed E-state index contributed by atoms with van der Waals surface area (Å²) in [5.41, 5.74) is 1.54. The molecule has 3 aromatic rings. The molecule has 1 N–H and O–H groups in total. The summed E-state index contributed by atoms with van der Waals surface area (Å²) in [6.45, 7) is 0. The molecule has 2 heterocycles. The van der Waals surface area contributed by atoms with Crippen LogP contribution in [0.1, 0.15) is 11.6 Å². The Morgan fingerprint density at radius 3 is 2.36 bits per heavy atom. The number of hydroxylamine groups is 1. The molecule has 0 aliphatic carbocycles. The van der Waals surface area contributed by atoms with Crippen molar-refractivity contribution in [2.75, 3.05) is 17.1 Å². The summed E-state index contributed by atoms with van der Waals surface area (Å²) in [6, 6.07) is 16.9. The fraction of sp³-hybridized carbons (Fsp3) is 0.167. The van der Waals surface area contributed by atoms with Gasteiger partial charge in [-0.15, -0.1) is 0 Å². The number of benzene rings is 3. The van der Waals surface area contributed by atoms with E-state index in [1.807, 2.05) is 30.3 Å². The molecule has 5 rings (SSSR count). The number of hydrogen-bond donors (Lipinski definition) is 1. The van der Waals surface area contributed by atoms with Gasteiger partial charge < -0.3 is 9.84 Å². The smallest absolute Gasteiger partial charge is 0.266 e. The second-order valence-corrected chi connectivity index (χ2v) is 8.55. The third kappa shape index (κ3) is 3.44. The number of anilines is 2. The minimum Gasteiger partial charge on any atom is -0.503 e. The molecule has 7 nitrogen and oxygen atoms in total. The SMILES string of the molecule is COc1cc([C@@H]2[C@H]3C(=O)N(c4ccc(F)cc4)C(=O)[C@H]3ON2c2ccccc2)cc(Br)c1O. The van der Waals surface area contributed by atoms with Crippen LogP contribution in [-0.2, 0) is 14.4 Å². The van der Waals surface area contributed by atoms with Crippen LogP contribution in [0.3, 0.4) is 0 Å². The lowest BCUT2D eigenvalue weighted by molar-refractivity contribution is -0.126. The Balaban J connectivity index is 1.62. The van der Waals surface area contributed by atoms with Gasteiger partial charge in [0.15, 0.2) is 17.6 Å². The Hall–Kier alpha value is -3.43. The van der Waals surface area contributed by atoms with Gasteiger partial charge in [0, 0.05) is 0 Å². The Morgan fingerprint density at radius 1 is 1.00 bits per heavy atom. The number of fused-ring (bicyclic) bond motifs is 1. The van der Waals surface area contributed by atoms with E-state index in [1.54, 1.807) is 17.2 Å². The van der Waals surface area contributed by atoms with Crippen molar-refractivity contribution in [3.8, 4) is 11.5 Å². The van der Waals surface area contributed by atoms with E-state index in [9.17, 15) is 19.1 Å². The summed E-state index contributed by atoms with van der Waals surface area (Å²) < 4.78 is 19.1. The van der Waals surface area contributed by atoms with Gasteiger partial charge in [-0.1, -0.05) is 18.2 Å². The van der Waals surface area contributed by atoms with Crippen LogP contribution in [0, 0.1) is 11.7 Å². The molecule has 0 aromatic heterocycles. The van der Waals surface area contributed by atoms with Crippen molar-refractivity contribution in [1.29, 1.82) is 0 Å². The normalized spacial score (nSPS) is 22.1. The number of amides is 2. The third-order valence-electron chi connectivity index (χ3n) is 5.82. The van der Waals surface area contributed by atoms with Crippen LogP contribution in [0.2, 0.25) is 0 Å². The zero-order valence-corrected chi connectivity index (χ0v) is 18.9. The van der Waals surface area contributed by atoms with E-state index in [0.29, 0.717) is 15.7 Å². The van der Waals surface area contributed by atoms with Gasteiger partial charge in [0.25, 0.3) is 5.91 Å². The molecule has 0 spiro atoms. The maximum absolute atomic E-state index is 13.6. The first-order chi connectivity index (χ1) is 15.9. The number of imide groups is 1. The molecule has 2 amide bonds. The minimum atomic E-state index is -1.06. The Labute approximate surface area is 197 Å². The molecule has 0 unspecified atom stereocenters. The van der Waals surface area contributed by atoms with Crippen LogP contribution in [-0.4, -0.2) is 30.1 Å². The molecule has 2 saturated heterocycles. The van der Waals surface area contributed by atoms with Crippen molar-refractivity contribution in [2.45, 2.75) is 12.1 Å². The van der Waals surface area contributed by atoms with Gasteiger partial charge in [0.05, 0.1) is 29.0 Å². The Bertz CT molecular complexity index is 1240. The van der Waals surface area contributed by atoms with Crippen molar-refractivity contribution in [3.05, 3.63) is 82.6 Å². The number of methoxy groups -OCH3 is 1. The predicted octanol–water partition coefficient (Wildman–Crippen LogP) is 4.35. The van der Waals surface area contributed by atoms with E-state index in [-0.39, 0.29) is 17.2 Å². The average molecular weight is 513 g/mol. The molecule has 3 atom stereocenters. The number of carbonyl (C=O) groups excluding carboxylic acids is 2. The number of hydrogen-bond acceptors (Lipinski definition) is 6. The van der Waals surface area contributed by atoms with Gasteiger partial charge in [-0.2, -0.15) is 0 Å². The summed E-state index contributed by atoms with van der Waals surface area (Å²) >= 11 is 3.33. The summed E-state index contributed by atoms with van der Waals surface area (Å²) in [7, 11) is 1.43. The lowest BCUT2D eigenvalue weighted by Crippen LogP contribution is -2.37. The summed E-state index contributed by atoms with van der Waals surface area (Å²) in [6.07, 6.45) is -1.06. The van der Waals surface area contributed by atoms with Crippen molar-refractivity contribution in [2.24, 2.45) is 5.92 Å². The van der Waals surface area contributed by atoms with Crippen molar-refractivity contribution >= 4 is 39.1 Å². The highest BCUT2D eigenvalue weighted by Gasteiger charge is 2.60. The highest BCUT2D eigenvalue weighted by molar-refractivity contribution is 9.10. The van der Waals surface area contributed by atoms with Crippen LogP contribution >= 0.6 is 15.9 Å². The van der Waals surface area contributed by atoms with E-state index in [4.69, 9.17) is 9.57 Å². The molecular weight excluding hydrogens is 495 g/mol. The second-order valence-electron chi connectivity index (χ2n) is 7.70. The number of ether oxygens (including phenoxy) is 1. The number of aromatic hydroxyl groups is 1. The van der Waals surface area contributed by atoms with Crippen molar-refractivity contribution in [3.63, 3.8) is 0 Å². The summed E-state index contributed by atoms with van der Waals surface area (Å²) in [4.78, 5) is 33.9. The fourth-order valence-corrected chi connectivity index (χ4v) is 4.78. The lowest BCUT2D eigenvalue weighted by atomic mass is 9.90. The zero-order chi connectivity index (χ0) is 23.3. The molecule has 0 bridgehead atoms. The van der Waals surface area contributed by atoms with Gasteiger partial charge in [-0.3, -0.25) is 14.4 Å². The summed E-state index contributed by atoms with van der Waals surface area (Å²) in [5.74, 6) is -2.19. The van der Waals surface area contributed by atoms with Gasteiger partial charge in [0.1, 0.15) is 11.7 Å². The highest BCUT2D eigenvalue weighted by Crippen LogP contribution is 2.49. The largest absolute Gasteiger partial charge is 0.503 e. The van der Waals surface area contributed by atoms with Gasteiger partial charge >= 0.3 is 0 Å². The molecular formula is C24H18BrFN2O5. The monoisotopic (exact) mass is 512 g/mol. The predicted molar refractivity (Wildman–Crippen MR) is 121 cm³/mol. The first-order valence-electron chi connectivity index (χ1n) is 10.1. The zero-order valence-electron chi connectivity index (χ0n) is 17.3. The number of nitrogens with zero attached hydrogens (tertiary/aromatic N) is 2. The molecule has 2 aliphatic heterocycles. The maximum Gasteiger partial charge on any atom is 0.266 e. The topological polar surface area (TPSA) is 79.3 Å². The quantitative estimate of drug-likeness (QED) is 0.523. The first-order valence-corrected chi connectivity index (χ1v) is 10.9. The standard InChI is InChI=1S/C24H18BrFN2O5/c1-32-18-12-13(11-17(25)21(18)29)20-19-22(33-28(20)16-5-3-2-4-6-16)24(31)27(23(19)30)15-9-7-14(26)8-10-15/h2-12,19-20,22,29H,1H3/t19-,20-,22+/m1/s1. The van der Waals surface area contributed by atoms with Gasteiger partial charge in [0.2, 0.25) is 5.91 Å². The van der Waals surface area contributed by atoms with E-state index in [1.165, 1.54) is 31.4 Å². The second kappa shape index (κ2) is 8.17. The van der Waals surface area contributed by atoms with Crippen LogP contribution in [0.4, 0.5) is 15.8 Å². The number of phenolic OH excluding ortho intramolecular Hbond substituents is 1. The molecule has 2 aliphatic rings. The Morgan fingerprint density at radius 2 is 1.70 bits per heavy atom. The average Bonchev–Trinajstić information content (AvgIpc) is 3.33. The number of para-hydroxylation sites is 1. The van der Waals surface area contributed by atoms with E-state index in [2.05, 4.69) is 15.9 Å². The van der Waals surface area contributed by atoms with Gasteiger partial charge in [-0.25, -0.2) is 14.4 Å². The molecule has 33 heavy (non-hydrogen) atoms. The molecule has 0 saturated carbocycles. The molecule has 2 fully saturated rings. The first kappa shape index (κ1) is 21.4. The van der Waals surface area contributed by atoms with E-state index < -0.39 is 35.7 Å². The number of phenols is 1. The van der Waals surface area contributed by atoms with Crippen LogP contribution in [0.15, 0.2) is 71.2 Å². The lowest BCUT2D eigenvalue weighted by Gasteiger charge is -2.29. The van der Waals surface area contributed by atoms with Crippen LogP contribution < -0.4 is 14.7 Å². The minimum absolute atomic E-state index is 0.0789. The van der Waals surface area contributed by atoms with Crippen LogP contribution in [0.25, 0.3) is 0 Å². The number of rotatable bonds is 4. The molecule has 0 radical (unpaired) electrons.